The van der Waals surface area contributed by atoms with Crippen molar-refractivity contribution in [2.24, 2.45) is 0 Å². The van der Waals surface area contributed by atoms with Crippen molar-refractivity contribution < 1.29 is 18.0 Å². The molecule has 9 heteroatoms. The summed E-state index contributed by atoms with van der Waals surface area (Å²) in [6.45, 7) is 1.68. The molecule has 0 fully saturated rings. The van der Waals surface area contributed by atoms with Gasteiger partial charge >= 0.3 is 0 Å². The smallest absolute Gasteiger partial charge is 0.262 e. The van der Waals surface area contributed by atoms with Gasteiger partial charge in [-0.2, -0.15) is 0 Å². The lowest BCUT2D eigenvalue weighted by Crippen LogP contribution is -2.32. The van der Waals surface area contributed by atoms with Crippen LogP contribution < -0.4 is 15.4 Å². The van der Waals surface area contributed by atoms with Crippen molar-refractivity contribution in [1.29, 1.82) is 0 Å². The normalized spacial score (nSPS) is 10.9. The van der Waals surface area contributed by atoms with E-state index in [-0.39, 0.29) is 28.1 Å². The lowest BCUT2D eigenvalue weighted by Gasteiger charge is -2.11. The minimum Gasteiger partial charge on any atom is -0.347 e. The van der Waals surface area contributed by atoms with Crippen LogP contribution in [-0.4, -0.2) is 26.8 Å². The highest BCUT2D eigenvalue weighted by Gasteiger charge is 2.16. The zero-order chi connectivity index (χ0) is 19.9. The Morgan fingerprint density at radius 2 is 1.78 bits per heavy atom. The van der Waals surface area contributed by atoms with Crippen molar-refractivity contribution in [2.75, 3.05) is 16.6 Å². The third-order valence-corrected chi connectivity index (χ3v) is 5.16. The Labute approximate surface area is 163 Å². The maximum atomic E-state index is 12.5. The molecule has 2 amide bonds. The molecule has 0 aromatic heterocycles. The summed E-state index contributed by atoms with van der Waals surface area (Å²) in [6, 6.07) is 12.3. The molecule has 0 saturated heterocycles. The Balaban J connectivity index is 2.07. The molecule has 0 spiro atoms. The minimum absolute atomic E-state index is 0.0322. The molecule has 0 saturated carbocycles. The molecule has 2 aromatic carbocycles. The second-order valence-corrected chi connectivity index (χ2v) is 7.78. The topological polar surface area (TPSA) is 104 Å². The van der Waals surface area contributed by atoms with Crippen molar-refractivity contribution in [3.05, 3.63) is 53.6 Å². The summed E-state index contributed by atoms with van der Waals surface area (Å²) >= 11 is 5.98. The van der Waals surface area contributed by atoms with Crippen LogP contribution in [0.1, 0.15) is 19.8 Å². The van der Waals surface area contributed by atoms with Gasteiger partial charge in [-0.15, -0.1) is 0 Å². The Morgan fingerprint density at radius 3 is 2.48 bits per heavy atom. The van der Waals surface area contributed by atoms with Crippen molar-refractivity contribution in [3.8, 4) is 0 Å². The third kappa shape index (κ3) is 6.26. The number of benzene rings is 2. The van der Waals surface area contributed by atoms with Gasteiger partial charge in [0.25, 0.3) is 10.0 Å². The first kappa shape index (κ1) is 20.7. The fraction of sp³-hybridized carbons (Fsp3) is 0.222. The highest BCUT2D eigenvalue weighted by Crippen LogP contribution is 2.24. The van der Waals surface area contributed by atoms with E-state index in [0.29, 0.717) is 18.5 Å². The highest BCUT2D eigenvalue weighted by molar-refractivity contribution is 7.92. The first-order valence-electron chi connectivity index (χ1n) is 8.26. The largest absolute Gasteiger partial charge is 0.347 e. The first-order valence-corrected chi connectivity index (χ1v) is 10.1. The van der Waals surface area contributed by atoms with Crippen LogP contribution in [0.15, 0.2) is 53.4 Å². The van der Waals surface area contributed by atoms with Gasteiger partial charge in [-0.25, -0.2) is 8.42 Å². The standard InChI is InChI=1S/C18H20ClN3O4S/c1-2-6-17(23)20-12-18(24)21-13-7-5-8-14(11-13)27(25,26)22-16-10-4-3-9-15(16)19/h3-5,7-11,22H,2,6,12H2,1H3,(H,20,23)(H,21,24). The average Bonchev–Trinajstić information content (AvgIpc) is 2.62. The summed E-state index contributed by atoms with van der Waals surface area (Å²) in [7, 11) is -3.88. The molecule has 0 bridgehead atoms. The van der Waals surface area contributed by atoms with Crippen LogP contribution in [-0.2, 0) is 19.6 Å². The zero-order valence-electron chi connectivity index (χ0n) is 14.7. The number of para-hydroxylation sites is 1. The average molecular weight is 410 g/mol. The Bertz CT molecular complexity index is 932. The van der Waals surface area contributed by atoms with Gasteiger partial charge in [-0.05, 0) is 36.8 Å². The fourth-order valence-electron chi connectivity index (χ4n) is 2.19. The van der Waals surface area contributed by atoms with Crippen molar-refractivity contribution in [2.45, 2.75) is 24.7 Å². The maximum Gasteiger partial charge on any atom is 0.262 e. The van der Waals surface area contributed by atoms with E-state index in [2.05, 4.69) is 15.4 Å². The van der Waals surface area contributed by atoms with Crippen LogP contribution in [0.2, 0.25) is 5.02 Å². The number of anilines is 2. The molecule has 3 N–H and O–H groups in total. The molecular formula is C18H20ClN3O4S. The van der Waals surface area contributed by atoms with Crippen LogP contribution in [0.5, 0.6) is 0 Å². The molecular weight excluding hydrogens is 390 g/mol. The molecule has 0 aliphatic carbocycles. The molecule has 144 valence electrons. The van der Waals surface area contributed by atoms with Crippen LogP contribution in [0.4, 0.5) is 11.4 Å². The van der Waals surface area contributed by atoms with E-state index in [0.717, 1.165) is 0 Å². The van der Waals surface area contributed by atoms with Gasteiger partial charge in [0, 0.05) is 12.1 Å². The number of rotatable bonds is 8. The van der Waals surface area contributed by atoms with E-state index in [1.54, 1.807) is 30.3 Å². The number of sulfonamides is 1. The van der Waals surface area contributed by atoms with E-state index in [1.807, 2.05) is 6.92 Å². The molecule has 0 aliphatic heterocycles. The number of amides is 2. The SMILES string of the molecule is CCCC(=O)NCC(=O)Nc1cccc(S(=O)(=O)Nc2ccccc2Cl)c1. The van der Waals surface area contributed by atoms with Gasteiger partial charge in [0.05, 0.1) is 22.2 Å². The van der Waals surface area contributed by atoms with Crippen molar-refractivity contribution >= 4 is 44.8 Å². The summed E-state index contributed by atoms with van der Waals surface area (Å²) in [5.74, 6) is -0.666. The lowest BCUT2D eigenvalue weighted by molar-refractivity contribution is -0.124. The summed E-state index contributed by atoms with van der Waals surface area (Å²) in [5, 5.41) is 5.32. The summed E-state index contributed by atoms with van der Waals surface area (Å²) in [4.78, 5) is 23.3. The van der Waals surface area contributed by atoms with E-state index in [4.69, 9.17) is 11.6 Å². The van der Waals surface area contributed by atoms with Crippen LogP contribution in [0, 0.1) is 0 Å². The van der Waals surface area contributed by atoms with Gasteiger partial charge in [0.1, 0.15) is 0 Å². The predicted octanol–water partition coefficient (Wildman–Crippen LogP) is 3.00. The highest BCUT2D eigenvalue weighted by atomic mass is 35.5. The second kappa shape index (κ2) is 9.38. The minimum atomic E-state index is -3.88. The van der Waals surface area contributed by atoms with E-state index >= 15 is 0 Å². The predicted molar refractivity (Wildman–Crippen MR) is 105 cm³/mol. The molecule has 0 radical (unpaired) electrons. The number of carbonyl (C=O) groups is 2. The van der Waals surface area contributed by atoms with E-state index in [9.17, 15) is 18.0 Å². The van der Waals surface area contributed by atoms with Crippen LogP contribution in [0.25, 0.3) is 0 Å². The molecule has 0 atom stereocenters. The number of carbonyl (C=O) groups excluding carboxylic acids is 2. The Hall–Kier alpha value is -2.58. The van der Waals surface area contributed by atoms with Gasteiger partial charge in [0.15, 0.2) is 0 Å². The second-order valence-electron chi connectivity index (χ2n) is 5.69. The van der Waals surface area contributed by atoms with Gasteiger partial charge in [0.2, 0.25) is 11.8 Å². The van der Waals surface area contributed by atoms with Gasteiger partial charge < -0.3 is 10.6 Å². The lowest BCUT2D eigenvalue weighted by atomic mass is 10.3. The molecule has 2 aromatic rings. The number of hydrogen-bond donors (Lipinski definition) is 3. The van der Waals surface area contributed by atoms with Gasteiger partial charge in [-0.3, -0.25) is 14.3 Å². The Kier molecular flexibility index (Phi) is 7.20. The number of halogens is 1. The van der Waals surface area contributed by atoms with E-state index in [1.165, 1.54) is 18.2 Å². The number of nitrogens with one attached hydrogen (secondary N) is 3. The summed E-state index contributed by atoms with van der Waals surface area (Å²) in [6.07, 6.45) is 1.03. The van der Waals surface area contributed by atoms with Gasteiger partial charge in [-0.1, -0.05) is 36.7 Å². The molecule has 0 heterocycles. The Morgan fingerprint density at radius 1 is 1.04 bits per heavy atom. The third-order valence-electron chi connectivity index (χ3n) is 3.47. The van der Waals surface area contributed by atoms with E-state index < -0.39 is 15.9 Å². The summed E-state index contributed by atoms with van der Waals surface area (Å²) in [5.41, 5.74) is 0.555. The maximum absolute atomic E-state index is 12.5. The van der Waals surface area contributed by atoms with Crippen LogP contribution >= 0.6 is 11.6 Å². The first-order chi connectivity index (χ1) is 12.8. The molecule has 0 unspecified atom stereocenters. The fourth-order valence-corrected chi connectivity index (χ4v) is 3.55. The van der Waals surface area contributed by atoms with Crippen molar-refractivity contribution in [1.82, 2.24) is 5.32 Å². The monoisotopic (exact) mass is 409 g/mol. The molecule has 2 rings (SSSR count). The quantitative estimate of drug-likeness (QED) is 0.623. The molecule has 27 heavy (non-hydrogen) atoms. The van der Waals surface area contributed by atoms with Crippen LogP contribution in [0.3, 0.4) is 0 Å². The summed E-state index contributed by atoms with van der Waals surface area (Å²) < 4.78 is 27.5. The molecule has 0 aliphatic rings. The molecule has 7 nitrogen and oxygen atoms in total. The zero-order valence-corrected chi connectivity index (χ0v) is 16.2. The van der Waals surface area contributed by atoms with Crippen molar-refractivity contribution in [3.63, 3.8) is 0 Å². The number of hydrogen-bond acceptors (Lipinski definition) is 4.